The Morgan fingerprint density at radius 1 is 1.32 bits per heavy atom. The second kappa shape index (κ2) is 8.98. The first-order valence-electron chi connectivity index (χ1n) is 11.2. The number of rotatable bonds is 6. The van der Waals surface area contributed by atoms with E-state index in [1.54, 1.807) is 44.3 Å². The lowest BCUT2D eigenvalue weighted by atomic mass is 10.1. The maximum Gasteiger partial charge on any atom is 0.330 e. The van der Waals surface area contributed by atoms with Crippen LogP contribution < -0.4 is 5.69 Å². The first-order chi connectivity index (χ1) is 16.5. The number of aromatic nitrogens is 6. The van der Waals surface area contributed by atoms with Gasteiger partial charge in [0.2, 0.25) is 0 Å². The molecule has 11 nitrogen and oxygen atoms in total. The van der Waals surface area contributed by atoms with Crippen LogP contribution in [0.15, 0.2) is 35.5 Å². The van der Waals surface area contributed by atoms with Crippen molar-refractivity contribution in [2.24, 2.45) is 0 Å². The molecule has 0 amide bonds. The average molecular weight is 463 g/mol. The van der Waals surface area contributed by atoms with E-state index in [0.717, 1.165) is 12.8 Å². The van der Waals surface area contributed by atoms with Crippen LogP contribution in [0.5, 0.6) is 0 Å². The molecular weight excluding hydrogens is 436 g/mol. The van der Waals surface area contributed by atoms with Gasteiger partial charge in [-0.15, -0.1) is 0 Å². The van der Waals surface area contributed by atoms with Gasteiger partial charge in [0.05, 0.1) is 43.3 Å². The molecule has 4 aromatic rings. The molecule has 11 heteroatoms. The van der Waals surface area contributed by atoms with Crippen LogP contribution in [0.25, 0.3) is 28.3 Å². The molecule has 0 aliphatic carbocycles. The third-order valence-electron chi connectivity index (χ3n) is 6.04. The number of fused-ring (bicyclic) bond motifs is 2. The zero-order chi connectivity index (χ0) is 23.8. The molecule has 0 bridgehead atoms. The summed E-state index contributed by atoms with van der Waals surface area (Å²) in [6.45, 7) is 1.67. The summed E-state index contributed by atoms with van der Waals surface area (Å²) in [7, 11) is 3.75. The van der Waals surface area contributed by atoms with Crippen molar-refractivity contribution in [2.75, 3.05) is 33.9 Å². The van der Waals surface area contributed by atoms with Gasteiger partial charge in [-0.3, -0.25) is 13.5 Å². The lowest BCUT2D eigenvalue weighted by Gasteiger charge is -2.23. The largest absolute Gasteiger partial charge is 0.390 e. The van der Waals surface area contributed by atoms with Gasteiger partial charge in [0, 0.05) is 19.3 Å². The molecule has 0 saturated carbocycles. The molecule has 1 N–H and O–H groups in total. The Morgan fingerprint density at radius 2 is 2.18 bits per heavy atom. The normalized spacial score (nSPS) is 17.4. The Bertz CT molecular complexity index is 1440. The van der Waals surface area contributed by atoms with Crippen molar-refractivity contribution in [3.63, 3.8) is 0 Å². The van der Waals surface area contributed by atoms with E-state index in [-0.39, 0.29) is 18.3 Å². The molecule has 0 spiro atoms. The minimum absolute atomic E-state index is 0.137. The molecule has 0 radical (unpaired) electrons. The summed E-state index contributed by atoms with van der Waals surface area (Å²) < 4.78 is 10.6. The van der Waals surface area contributed by atoms with Crippen molar-refractivity contribution in [1.29, 1.82) is 5.26 Å². The summed E-state index contributed by atoms with van der Waals surface area (Å²) in [5.41, 5.74) is 2.59. The van der Waals surface area contributed by atoms with Crippen molar-refractivity contribution < 1.29 is 9.84 Å². The van der Waals surface area contributed by atoms with Gasteiger partial charge in [0.25, 0.3) is 0 Å². The first-order valence-corrected chi connectivity index (χ1v) is 11.2. The zero-order valence-corrected chi connectivity index (χ0v) is 19.1. The molecule has 2 atom stereocenters. The van der Waals surface area contributed by atoms with Crippen LogP contribution in [0.4, 0.5) is 0 Å². The Labute approximate surface area is 195 Å². The Morgan fingerprint density at radius 3 is 2.91 bits per heavy atom. The van der Waals surface area contributed by atoms with Crippen molar-refractivity contribution in [3.05, 3.63) is 46.8 Å². The van der Waals surface area contributed by atoms with Gasteiger partial charge < -0.3 is 14.7 Å². The first kappa shape index (κ1) is 22.2. The molecule has 1 aliphatic rings. The van der Waals surface area contributed by atoms with E-state index in [1.165, 1.54) is 0 Å². The topological polar surface area (TPSA) is 126 Å². The second-order valence-electron chi connectivity index (χ2n) is 8.85. The number of pyridine rings is 1. The average Bonchev–Trinajstić information content (AvgIpc) is 3.37. The fourth-order valence-corrected chi connectivity index (χ4v) is 4.52. The number of aliphatic hydroxyl groups is 1. The summed E-state index contributed by atoms with van der Waals surface area (Å²) in [6, 6.07) is 5.45. The third kappa shape index (κ3) is 3.96. The number of nitriles is 1. The third-order valence-corrected chi connectivity index (χ3v) is 6.04. The van der Waals surface area contributed by atoms with Gasteiger partial charge in [-0.25, -0.2) is 19.7 Å². The zero-order valence-electron chi connectivity index (χ0n) is 19.1. The van der Waals surface area contributed by atoms with Gasteiger partial charge in [0.15, 0.2) is 11.5 Å². The Balaban J connectivity index is 1.66. The summed E-state index contributed by atoms with van der Waals surface area (Å²) in [5, 5.41) is 19.8. The highest BCUT2D eigenvalue weighted by Crippen LogP contribution is 2.25. The summed E-state index contributed by atoms with van der Waals surface area (Å²) in [5.74, 6) is 0.395. The molecule has 5 rings (SSSR count). The molecule has 1 aliphatic heterocycles. The van der Waals surface area contributed by atoms with E-state index in [4.69, 9.17) is 9.72 Å². The van der Waals surface area contributed by atoms with Crippen LogP contribution in [-0.4, -0.2) is 78.5 Å². The fraction of sp³-hybridized carbons (Fsp3) is 0.435. The van der Waals surface area contributed by atoms with Gasteiger partial charge in [0.1, 0.15) is 22.9 Å². The summed E-state index contributed by atoms with van der Waals surface area (Å²) >= 11 is 0. The van der Waals surface area contributed by atoms with Crippen LogP contribution in [0.2, 0.25) is 0 Å². The minimum atomic E-state index is -0.725. The van der Waals surface area contributed by atoms with Crippen LogP contribution in [0, 0.1) is 11.3 Å². The number of likely N-dealkylation sites (N-methyl/N-ethyl adjacent to an activating group) is 1. The lowest BCUT2D eigenvalue weighted by Crippen LogP contribution is -2.36. The number of hydrogen-bond acceptors (Lipinski definition) is 8. The van der Waals surface area contributed by atoms with E-state index in [1.807, 2.05) is 19.0 Å². The Hall–Kier alpha value is -3.59. The summed E-state index contributed by atoms with van der Waals surface area (Å²) in [6.07, 6.45) is 5.90. The Kier molecular flexibility index (Phi) is 5.87. The maximum absolute atomic E-state index is 13.5. The molecule has 0 aromatic carbocycles. The van der Waals surface area contributed by atoms with Gasteiger partial charge in [-0.1, -0.05) is 0 Å². The highest BCUT2D eigenvalue weighted by Gasteiger charge is 2.26. The number of hydrogen-bond donors (Lipinski definition) is 1. The molecule has 1 unspecified atom stereocenters. The number of imidazole rings is 2. The molecule has 1 saturated heterocycles. The minimum Gasteiger partial charge on any atom is -0.390 e. The number of ether oxygens (including phenoxy) is 1. The number of nitrogens with zero attached hydrogens (tertiary/aromatic N) is 8. The van der Waals surface area contributed by atoms with Gasteiger partial charge in [-0.2, -0.15) is 5.26 Å². The van der Waals surface area contributed by atoms with E-state index < -0.39 is 6.10 Å². The fourth-order valence-electron chi connectivity index (χ4n) is 4.52. The van der Waals surface area contributed by atoms with Crippen LogP contribution in [-0.2, 0) is 11.3 Å². The SMILES string of the molecule is CN(C)C[C@@H](O)Cn1c(=O)n(C2CCCOC2)c2nc(-c3cnc4ccc(C#N)cn34)ncc21. The summed E-state index contributed by atoms with van der Waals surface area (Å²) in [4.78, 5) is 29.1. The monoisotopic (exact) mass is 462 g/mol. The predicted octanol–water partition coefficient (Wildman–Crippen LogP) is 1.05. The second-order valence-corrected chi connectivity index (χ2v) is 8.85. The quantitative estimate of drug-likeness (QED) is 0.451. The molecular formula is C23H26N8O3. The smallest absolute Gasteiger partial charge is 0.330 e. The number of aliphatic hydroxyl groups excluding tert-OH is 1. The highest BCUT2D eigenvalue weighted by atomic mass is 16.5. The van der Waals surface area contributed by atoms with E-state index in [9.17, 15) is 15.2 Å². The van der Waals surface area contributed by atoms with E-state index >= 15 is 0 Å². The molecule has 5 heterocycles. The van der Waals surface area contributed by atoms with Crippen LogP contribution in [0.3, 0.4) is 0 Å². The standard InChI is InChI=1S/C23H26N8O3/c1-28(2)12-17(32)13-30-19-10-26-21(18-9-25-20-6-5-15(8-24)11-29(18)20)27-22(19)31(23(30)33)16-4-3-7-34-14-16/h5-6,9-11,16-17,32H,3-4,7,12-14H2,1-2H3/t16?,17-/m1/s1. The maximum atomic E-state index is 13.5. The molecule has 34 heavy (non-hydrogen) atoms. The van der Waals surface area contributed by atoms with Crippen molar-refractivity contribution >= 4 is 16.8 Å². The van der Waals surface area contributed by atoms with Crippen LogP contribution >= 0.6 is 0 Å². The molecule has 4 aromatic heterocycles. The van der Waals surface area contributed by atoms with Crippen molar-refractivity contribution in [3.8, 4) is 17.6 Å². The van der Waals surface area contributed by atoms with Gasteiger partial charge >= 0.3 is 5.69 Å². The van der Waals surface area contributed by atoms with Crippen LogP contribution in [0.1, 0.15) is 24.4 Å². The predicted molar refractivity (Wildman–Crippen MR) is 124 cm³/mol. The van der Waals surface area contributed by atoms with Crippen molar-refractivity contribution in [2.45, 2.75) is 31.5 Å². The molecule has 176 valence electrons. The van der Waals surface area contributed by atoms with E-state index in [0.29, 0.717) is 53.7 Å². The van der Waals surface area contributed by atoms with Crippen molar-refractivity contribution in [1.82, 2.24) is 33.4 Å². The van der Waals surface area contributed by atoms with E-state index in [2.05, 4.69) is 16.0 Å². The molecule has 1 fully saturated rings. The lowest BCUT2D eigenvalue weighted by molar-refractivity contribution is 0.0586. The highest BCUT2D eigenvalue weighted by molar-refractivity contribution is 5.74. The van der Waals surface area contributed by atoms with Gasteiger partial charge in [-0.05, 0) is 39.1 Å².